The Morgan fingerprint density at radius 3 is 2.45 bits per heavy atom. The number of hydrogen-bond donors (Lipinski definition) is 2. The maximum absolute atomic E-state index is 11.7. The van der Waals surface area contributed by atoms with E-state index in [1.807, 2.05) is 44.2 Å². The Morgan fingerprint density at radius 2 is 1.90 bits per heavy atom. The lowest BCUT2D eigenvalue weighted by Crippen LogP contribution is -2.37. The SMILES string of the molecule is CC(C)CC(CC(=O)O)NC(=O)OCc1ccccc1. The minimum Gasteiger partial charge on any atom is -0.481 e. The van der Waals surface area contributed by atoms with Crippen LogP contribution in [0.1, 0.15) is 32.3 Å². The van der Waals surface area contributed by atoms with Crippen LogP contribution in [0.3, 0.4) is 0 Å². The van der Waals surface area contributed by atoms with Crippen LogP contribution in [0.2, 0.25) is 0 Å². The van der Waals surface area contributed by atoms with Crippen molar-refractivity contribution in [2.24, 2.45) is 5.92 Å². The van der Waals surface area contributed by atoms with Crippen LogP contribution in [0.25, 0.3) is 0 Å². The topological polar surface area (TPSA) is 75.6 Å². The summed E-state index contributed by atoms with van der Waals surface area (Å²) < 4.78 is 5.08. The first-order valence-corrected chi connectivity index (χ1v) is 6.66. The zero-order chi connectivity index (χ0) is 15.0. The Kier molecular flexibility index (Phi) is 6.56. The van der Waals surface area contributed by atoms with Crippen LogP contribution in [0.5, 0.6) is 0 Å². The molecule has 0 aromatic heterocycles. The van der Waals surface area contributed by atoms with E-state index in [0.29, 0.717) is 12.3 Å². The molecule has 1 rings (SSSR count). The normalized spacial score (nSPS) is 11.9. The number of nitrogens with one attached hydrogen (secondary N) is 1. The highest BCUT2D eigenvalue weighted by Crippen LogP contribution is 2.09. The largest absolute Gasteiger partial charge is 0.481 e. The number of hydrogen-bond acceptors (Lipinski definition) is 3. The van der Waals surface area contributed by atoms with Gasteiger partial charge >= 0.3 is 12.1 Å². The minimum atomic E-state index is -0.931. The van der Waals surface area contributed by atoms with Crippen molar-refractivity contribution in [2.75, 3.05) is 0 Å². The van der Waals surface area contributed by atoms with Gasteiger partial charge in [-0.05, 0) is 17.9 Å². The van der Waals surface area contributed by atoms with Gasteiger partial charge in [0.25, 0.3) is 0 Å². The van der Waals surface area contributed by atoms with E-state index in [-0.39, 0.29) is 13.0 Å². The molecule has 0 aliphatic rings. The molecule has 1 atom stereocenters. The van der Waals surface area contributed by atoms with Gasteiger partial charge in [-0.1, -0.05) is 44.2 Å². The Bertz CT molecular complexity index is 431. The number of amides is 1. The number of aliphatic carboxylic acids is 1. The van der Waals surface area contributed by atoms with E-state index in [0.717, 1.165) is 5.56 Å². The van der Waals surface area contributed by atoms with E-state index in [4.69, 9.17) is 9.84 Å². The molecule has 0 fully saturated rings. The molecule has 0 saturated heterocycles. The van der Waals surface area contributed by atoms with Crippen LogP contribution < -0.4 is 5.32 Å². The molecule has 0 aliphatic carbocycles. The first-order chi connectivity index (χ1) is 9.47. The highest BCUT2D eigenvalue weighted by molar-refractivity contribution is 5.71. The molecule has 2 N–H and O–H groups in total. The van der Waals surface area contributed by atoms with Crippen molar-refractivity contribution < 1.29 is 19.4 Å². The fourth-order valence-corrected chi connectivity index (χ4v) is 1.90. The number of carbonyl (C=O) groups is 2. The van der Waals surface area contributed by atoms with Crippen molar-refractivity contribution in [3.63, 3.8) is 0 Å². The molecule has 0 heterocycles. The second kappa shape index (κ2) is 8.19. The molecule has 0 saturated carbocycles. The van der Waals surface area contributed by atoms with Crippen molar-refractivity contribution in [1.82, 2.24) is 5.32 Å². The van der Waals surface area contributed by atoms with Gasteiger partial charge in [0.05, 0.1) is 6.42 Å². The van der Waals surface area contributed by atoms with E-state index >= 15 is 0 Å². The molecule has 1 amide bonds. The Hall–Kier alpha value is -2.04. The van der Waals surface area contributed by atoms with Gasteiger partial charge in [-0.15, -0.1) is 0 Å². The average Bonchev–Trinajstić information content (AvgIpc) is 2.36. The maximum Gasteiger partial charge on any atom is 0.407 e. The van der Waals surface area contributed by atoms with Crippen LogP contribution in [0, 0.1) is 5.92 Å². The van der Waals surface area contributed by atoms with Crippen molar-refractivity contribution in [3.8, 4) is 0 Å². The first-order valence-electron chi connectivity index (χ1n) is 6.66. The standard InChI is InChI=1S/C15H21NO4/c1-11(2)8-13(9-14(17)18)16-15(19)20-10-12-6-4-3-5-7-12/h3-7,11,13H,8-10H2,1-2H3,(H,16,19)(H,17,18). The van der Waals surface area contributed by atoms with Gasteiger partial charge in [-0.3, -0.25) is 4.79 Å². The summed E-state index contributed by atoms with van der Waals surface area (Å²) >= 11 is 0. The monoisotopic (exact) mass is 279 g/mol. The van der Waals surface area contributed by atoms with Crippen LogP contribution in [-0.2, 0) is 16.1 Å². The number of alkyl carbamates (subject to hydrolysis) is 1. The van der Waals surface area contributed by atoms with Gasteiger partial charge in [-0.2, -0.15) is 0 Å². The van der Waals surface area contributed by atoms with E-state index in [1.54, 1.807) is 0 Å². The third-order valence-electron chi connectivity index (χ3n) is 2.71. The Morgan fingerprint density at radius 1 is 1.25 bits per heavy atom. The number of carboxylic acid groups (broad SMARTS) is 1. The minimum absolute atomic E-state index is 0.0986. The van der Waals surface area contributed by atoms with Crippen molar-refractivity contribution in [1.29, 1.82) is 0 Å². The fourth-order valence-electron chi connectivity index (χ4n) is 1.90. The maximum atomic E-state index is 11.7. The van der Waals surface area contributed by atoms with Gasteiger partial charge < -0.3 is 15.2 Å². The molecule has 1 unspecified atom stereocenters. The predicted octanol–water partition coefficient (Wildman–Crippen LogP) is 2.80. The van der Waals surface area contributed by atoms with E-state index < -0.39 is 18.1 Å². The molecular formula is C15H21NO4. The summed E-state index contributed by atoms with van der Waals surface area (Å²) in [6.07, 6.45) is -0.0773. The number of benzene rings is 1. The molecule has 1 aromatic carbocycles. The second-order valence-corrected chi connectivity index (χ2v) is 5.13. The van der Waals surface area contributed by atoms with E-state index in [2.05, 4.69) is 5.32 Å². The van der Waals surface area contributed by atoms with Crippen molar-refractivity contribution in [2.45, 2.75) is 39.3 Å². The summed E-state index contributed by atoms with van der Waals surface area (Å²) in [6, 6.07) is 8.92. The average molecular weight is 279 g/mol. The zero-order valence-electron chi connectivity index (χ0n) is 11.8. The lowest BCUT2D eigenvalue weighted by Gasteiger charge is -2.18. The fraction of sp³-hybridized carbons (Fsp3) is 0.467. The second-order valence-electron chi connectivity index (χ2n) is 5.13. The van der Waals surface area contributed by atoms with Gasteiger partial charge in [0.15, 0.2) is 0 Å². The number of ether oxygens (including phenoxy) is 1. The lowest BCUT2D eigenvalue weighted by atomic mass is 10.0. The lowest BCUT2D eigenvalue weighted by molar-refractivity contribution is -0.137. The first kappa shape index (κ1) is 16.0. The van der Waals surface area contributed by atoms with Crippen molar-refractivity contribution in [3.05, 3.63) is 35.9 Å². The van der Waals surface area contributed by atoms with Crippen LogP contribution in [0.15, 0.2) is 30.3 Å². The number of carboxylic acids is 1. The summed E-state index contributed by atoms with van der Waals surface area (Å²) in [5, 5.41) is 11.4. The van der Waals surface area contributed by atoms with Gasteiger partial charge in [-0.25, -0.2) is 4.79 Å². The highest BCUT2D eigenvalue weighted by atomic mass is 16.5. The molecule has 0 spiro atoms. The Balaban J connectivity index is 2.42. The number of carbonyl (C=O) groups excluding carboxylic acids is 1. The van der Waals surface area contributed by atoms with Crippen LogP contribution in [-0.4, -0.2) is 23.2 Å². The summed E-state index contributed by atoms with van der Waals surface area (Å²) in [6.45, 7) is 4.13. The van der Waals surface area contributed by atoms with Crippen LogP contribution >= 0.6 is 0 Å². The summed E-state index contributed by atoms with van der Waals surface area (Å²) in [7, 11) is 0. The van der Waals surface area contributed by atoms with Crippen LogP contribution in [0.4, 0.5) is 4.79 Å². The van der Waals surface area contributed by atoms with Gasteiger partial charge in [0, 0.05) is 6.04 Å². The zero-order valence-corrected chi connectivity index (χ0v) is 11.8. The summed E-state index contributed by atoms with van der Waals surface area (Å²) in [5.41, 5.74) is 0.890. The molecule has 20 heavy (non-hydrogen) atoms. The molecule has 5 heteroatoms. The molecule has 0 radical (unpaired) electrons. The van der Waals surface area contributed by atoms with E-state index in [9.17, 15) is 9.59 Å². The quantitative estimate of drug-likeness (QED) is 0.804. The smallest absolute Gasteiger partial charge is 0.407 e. The highest BCUT2D eigenvalue weighted by Gasteiger charge is 2.18. The molecule has 0 aliphatic heterocycles. The van der Waals surface area contributed by atoms with E-state index in [1.165, 1.54) is 0 Å². The summed E-state index contributed by atoms with van der Waals surface area (Å²) in [5.74, 6) is -0.632. The third-order valence-corrected chi connectivity index (χ3v) is 2.71. The number of rotatable bonds is 7. The Labute approximate surface area is 118 Å². The molecule has 0 bridgehead atoms. The predicted molar refractivity (Wildman–Crippen MR) is 75.3 cm³/mol. The van der Waals surface area contributed by atoms with Gasteiger partial charge in [0.2, 0.25) is 0 Å². The molecular weight excluding hydrogens is 258 g/mol. The van der Waals surface area contributed by atoms with Gasteiger partial charge in [0.1, 0.15) is 6.61 Å². The van der Waals surface area contributed by atoms with Crippen molar-refractivity contribution >= 4 is 12.1 Å². The molecule has 110 valence electrons. The summed E-state index contributed by atoms with van der Waals surface area (Å²) in [4.78, 5) is 22.4. The third kappa shape index (κ3) is 6.78. The molecule has 5 nitrogen and oxygen atoms in total. The molecule has 1 aromatic rings.